The van der Waals surface area contributed by atoms with Crippen LogP contribution in [0.4, 0.5) is 18.9 Å². The van der Waals surface area contributed by atoms with Gasteiger partial charge in [-0.25, -0.2) is 0 Å². The first-order valence-electron chi connectivity index (χ1n) is 9.12. The molecule has 0 radical (unpaired) electrons. The molecule has 2 N–H and O–H groups in total. The Bertz CT molecular complexity index is 957. The van der Waals surface area contributed by atoms with Crippen molar-refractivity contribution >= 4 is 17.6 Å². The van der Waals surface area contributed by atoms with E-state index in [2.05, 4.69) is 0 Å². The predicted molar refractivity (Wildman–Crippen MR) is 102 cm³/mol. The van der Waals surface area contributed by atoms with Crippen LogP contribution in [0.25, 0.3) is 11.1 Å². The zero-order valence-corrected chi connectivity index (χ0v) is 16.0. The van der Waals surface area contributed by atoms with Crippen molar-refractivity contribution in [2.24, 2.45) is 5.92 Å². The molecule has 5 nitrogen and oxygen atoms in total. The highest BCUT2D eigenvalue weighted by Crippen LogP contribution is 2.39. The van der Waals surface area contributed by atoms with Gasteiger partial charge in [-0.3, -0.25) is 9.59 Å². The quantitative estimate of drug-likeness (QED) is 0.599. The molecule has 0 aliphatic carbocycles. The van der Waals surface area contributed by atoms with Crippen LogP contribution in [-0.2, 0) is 22.3 Å². The number of nitrogen functional groups attached to an aromatic ring is 1. The van der Waals surface area contributed by atoms with E-state index in [1.54, 1.807) is 12.1 Å². The molecule has 1 aliphatic rings. The van der Waals surface area contributed by atoms with E-state index in [9.17, 15) is 22.8 Å². The lowest BCUT2D eigenvalue weighted by Gasteiger charge is -2.20. The van der Waals surface area contributed by atoms with Crippen LogP contribution in [0.5, 0.6) is 0 Å². The Morgan fingerprint density at radius 3 is 2.55 bits per heavy atom. The van der Waals surface area contributed by atoms with Crippen molar-refractivity contribution in [3.05, 3.63) is 53.1 Å². The maximum atomic E-state index is 13.4. The molecule has 29 heavy (non-hydrogen) atoms. The predicted octanol–water partition coefficient (Wildman–Crippen LogP) is 4.11. The van der Waals surface area contributed by atoms with Gasteiger partial charge in [0.15, 0.2) is 0 Å². The van der Waals surface area contributed by atoms with Crippen LogP contribution in [0.15, 0.2) is 36.4 Å². The van der Waals surface area contributed by atoms with Gasteiger partial charge in [-0.2, -0.15) is 13.2 Å². The number of fused-ring (bicyclic) bond motifs is 1. The normalized spacial score (nSPS) is 14.7. The molecule has 0 saturated heterocycles. The molecule has 0 bridgehead atoms. The number of halogens is 3. The fraction of sp³-hybridized carbons (Fsp3) is 0.333. The second-order valence-electron chi connectivity index (χ2n) is 6.99. The average molecular weight is 406 g/mol. The number of nitrogens with two attached hydrogens (primary N) is 1. The number of hydrogen-bond donors (Lipinski definition) is 1. The SMILES string of the molecule is CC[C@@H](CN1Cc2ccc(-c3ccc(N)cc3C(F)(F)F)cc2C1=O)C(=O)OC. The van der Waals surface area contributed by atoms with Gasteiger partial charge in [0.25, 0.3) is 5.91 Å². The third-order valence-electron chi connectivity index (χ3n) is 5.12. The minimum atomic E-state index is -4.57. The van der Waals surface area contributed by atoms with Gasteiger partial charge >= 0.3 is 12.1 Å². The molecule has 1 heterocycles. The van der Waals surface area contributed by atoms with Crippen molar-refractivity contribution in [1.29, 1.82) is 0 Å². The lowest BCUT2D eigenvalue weighted by atomic mass is 9.95. The van der Waals surface area contributed by atoms with Crippen molar-refractivity contribution < 1.29 is 27.5 Å². The van der Waals surface area contributed by atoms with Crippen LogP contribution in [0.3, 0.4) is 0 Å². The lowest BCUT2D eigenvalue weighted by molar-refractivity contribution is -0.146. The van der Waals surface area contributed by atoms with E-state index in [-0.39, 0.29) is 29.3 Å². The van der Waals surface area contributed by atoms with Gasteiger partial charge in [0.1, 0.15) is 0 Å². The zero-order valence-electron chi connectivity index (χ0n) is 16.0. The molecule has 0 unspecified atom stereocenters. The van der Waals surface area contributed by atoms with Gasteiger partial charge in [-0.1, -0.05) is 25.1 Å². The number of rotatable bonds is 5. The maximum absolute atomic E-state index is 13.4. The first-order valence-corrected chi connectivity index (χ1v) is 9.12. The van der Waals surface area contributed by atoms with Gasteiger partial charge in [0.05, 0.1) is 18.6 Å². The Morgan fingerprint density at radius 1 is 1.21 bits per heavy atom. The highest BCUT2D eigenvalue weighted by Gasteiger charge is 2.35. The van der Waals surface area contributed by atoms with E-state index >= 15 is 0 Å². The molecule has 1 amide bonds. The van der Waals surface area contributed by atoms with Crippen LogP contribution in [-0.4, -0.2) is 30.4 Å². The van der Waals surface area contributed by atoms with Gasteiger partial charge in [-0.15, -0.1) is 0 Å². The highest BCUT2D eigenvalue weighted by atomic mass is 19.4. The Kier molecular flexibility index (Phi) is 5.55. The van der Waals surface area contributed by atoms with Crippen molar-refractivity contribution in [3.63, 3.8) is 0 Å². The number of anilines is 1. The van der Waals surface area contributed by atoms with E-state index in [4.69, 9.17) is 10.5 Å². The second-order valence-corrected chi connectivity index (χ2v) is 6.99. The average Bonchev–Trinajstić information content (AvgIpc) is 2.99. The number of hydrogen-bond acceptors (Lipinski definition) is 4. The minimum absolute atomic E-state index is 0.0119. The number of methoxy groups -OCH3 is 1. The third-order valence-corrected chi connectivity index (χ3v) is 5.12. The summed E-state index contributed by atoms with van der Waals surface area (Å²) in [6.45, 7) is 2.32. The number of benzene rings is 2. The molecule has 1 aliphatic heterocycles. The molecule has 0 fully saturated rings. The summed E-state index contributed by atoms with van der Waals surface area (Å²) in [5.74, 6) is -1.16. The largest absolute Gasteiger partial charge is 0.469 e. The molecule has 0 spiro atoms. The molecule has 3 rings (SSSR count). The summed E-state index contributed by atoms with van der Waals surface area (Å²) in [6.07, 6.45) is -4.06. The Labute approximate surface area is 166 Å². The fourth-order valence-electron chi connectivity index (χ4n) is 3.53. The number of nitrogens with zero attached hydrogens (tertiary/aromatic N) is 1. The first-order chi connectivity index (χ1) is 13.7. The van der Waals surface area contributed by atoms with Gasteiger partial charge in [0, 0.05) is 24.3 Å². The van der Waals surface area contributed by atoms with Crippen molar-refractivity contribution in [2.45, 2.75) is 26.1 Å². The maximum Gasteiger partial charge on any atom is 0.417 e. The third kappa shape index (κ3) is 4.06. The molecule has 2 aromatic rings. The molecule has 0 saturated carbocycles. The van der Waals surface area contributed by atoms with Crippen molar-refractivity contribution in [3.8, 4) is 11.1 Å². The number of carbonyl (C=O) groups excluding carboxylic acids is 2. The van der Waals surface area contributed by atoms with Crippen LogP contribution < -0.4 is 5.73 Å². The fourth-order valence-corrected chi connectivity index (χ4v) is 3.53. The van der Waals surface area contributed by atoms with Gasteiger partial charge < -0.3 is 15.4 Å². The van der Waals surface area contributed by atoms with Gasteiger partial charge in [-0.05, 0) is 41.3 Å². The summed E-state index contributed by atoms with van der Waals surface area (Å²) < 4.78 is 45.1. The topological polar surface area (TPSA) is 72.6 Å². The summed E-state index contributed by atoms with van der Waals surface area (Å²) in [7, 11) is 1.29. The van der Waals surface area contributed by atoms with E-state index in [1.165, 1.54) is 30.2 Å². The summed E-state index contributed by atoms with van der Waals surface area (Å²) in [6, 6.07) is 8.28. The highest BCUT2D eigenvalue weighted by molar-refractivity contribution is 6.00. The van der Waals surface area contributed by atoms with E-state index < -0.39 is 23.6 Å². The van der Waals surface area contributed by atoms with E-state index in [1.807, 2.05) is 6.92 Å². The summed E-state index contributed by atoms with van der Waals surface area (Å²) in [5.41, 5.74) is 5.99. The summed E-state index contributed by atoms with van der Waals surface area (Å²) in [4.78, 5) is 26.2. The number of alkyl halides is 3. The summed E-state index contributed by atoms with van der Waals surface area (Å²) in [5, 5.41) is 0. The molecule has 2 aromatic carbocycles. The number of carbonyl (C=O) groups is 2. The molecule has 1 atom stereocenters. The molecule has 0 aromatic heterocycles. The van der Waals surface area contributed by atoms with Crippen molar-refractivity contribution in [2.75, 3.05) is 19.4 Å². The molecule has 154 valence electrons. The zero-order chi connectivity index (χ0) is 21.3. The monoisotopic (exact) mass is 406 g/mol. The Hall–Kier alpha value is -3.03. The molecule has 8 heteroatoms. The van der Waals surface area contributed by atoms with Gasteiger partial charge in [0.2, 0.25) is 0 Å². The number of ether oxygens (including phenoxy) is 1. The second kappa shape index (κ2) is 7.77. The smallest absolute Gasteiger partial charge is 0.417 e. The Balaban J connectivity index is 1.93. The first kappa shape index (κ1) is 20.7. The summed E-state index contributed by atoms with van der Waals surface area (Å²) >= 11 is 0. The van der Waals surface area contributed by atoms with E-state index in [0.29, 0.717) is 24.1 Å². The van der Waals surface area contributed by atoms with Crippen LogP contribution >= 0.6 is 0 Å². The van der Waals surface area contributed by atoms with Crippen molar-refractivity contribution in [1.82, 2.24) is 4.90 Å². The molecular weight excluding hydrogens is 385 g/mol. The van der Waals surface area contributed by atoms with Crippen LogP contribution in [0.2, 0.25) is 0 Å². The minimum Gasteiger partial charge on any atom is -0.469 e. The number of amides is 1. The molecular formula is C21H21F3N2O3. The van der Waals surface area contributed by atoms with E-state index in [0.717, 1.165) is 6.07 Å². The Morgan fingerprint density at radius 2 is 1.93 bits per heavy atom. The number of esters is 1. The van der Waals surface area contributed by atoms with Crippen LogP contribution in [0.1, 0.15) is 34.8 Å². The standard InChI is InChI=1S/C21H21F3N2O3/c1-3-12(20(28)29-2)10-26-11-14-5-4-13(8-17(14)19(26)27)16-7-6-15(25)9-18(16)21(22,23)24/h4-9,12H,3,10-11,25H2,1-2H3/t12-/m0/s1. The lowest BCUT2D eigenvalue weighted by Crippen LogP contribution is -2.33. The van der Waals surface area contributed by atoms with Crippen LogP contribution in [0, 0.1) is 5.92 Å².